The van der Waals surface area contributed by atoms with E-state index in [-0.39, 0.29) is 5.91 Å². The van der Waals surface area contributed by atoms with E-state index in [0.717, 1.165) is 11.1 Å². The lowest BCUT2D eigenvalue weighted by Crippen LogP contribution is -2.14. The summed E-state index contributed by atoms with van der Waals surface area (Å²) in [6.07, 6.45) is 1.68. The lowest BCUT2D eigenvalue weighted by Gasteiger charge is -2.12. The van der Waals surface area contributed by atoms with Crippen molar-refractivity contribution in [1.29, 1.82) is 0 Å². The molecule has 0 atom stereocenters. The van der Waals surface area contributed by atoms with Gasteiger partial charge in [0, 0.05) is 11.9 Å². The van der Waals surface area contributed by atoms with Crippen molar-refractivity contribution < 1.29 is 14.3 Å². The van der Waals surface area contributed by atoms with Gasteiger partial charge in [-0.1, -0.05) is 0 Å². The third-order valence-electron chi connectivity index (χ3n) is 4.17. The average Bonchev–Trinajstić information content (AvgIpc) is 2.97. The first-order valence-corrected chi connectivity index (χ1v) is 7.73. The molecule has 0 aliphatic carbocycles. The van der Waals surface area contributed by atoms with Crippen molar-refractivity contribution in [2.45, 2.75) is 20.8 Å². The van der Waals surface area contributed by atoms with Crippen LogP contribution in [-0.4, -0.2) is 33.6 Å². The van der Waals surface area contributed by atoms with Gasteiger partial charge in [-0.05, 0) is 56.2 Å². The summed E-state index contributed by atoms with van der Waals surface area (Å²) < 4.78 is 6.55. The third kappa shape index (κ3) is 3.08. The minimum atomic E-state index is -0.432. The first kappa shape index (κ1) is 16.6. The van der Waals surface area contributed by atoms with E-state index in [4.69, 9.17) is 4.74 Å². The molecule has 3 aromatic rings. The molecule has 1 N–H and O–H groups in total. The Morgan fingerprint density at radius 1 is 1.12 bits per heavy atom. The van der Waals surface area contributed by atoms with Gasteiger partial charge in [0.05, 0.1) is 18.2 Å². The lowest BCUT2D eigenvalue weighted by atomic mass is 10.0. The van der Waals surface area contributed by atoms with Crippen LogP contribution in [0.15, 0.2) is 30.5 Å². The topological polar surface area (TPSA) is 85.6 Å². The van der Waals surface area contributed by atoms with Crippen LogP contribution in [0.2, 0.25) is 0 Å². The Labute approximate surface area is 144 Å². The Bertz CT molecular complexity index is 991. The van der Waals surface area contributed by atoms with Crippen molar-refractivity contribution in [2.24, 2.45) is 0 Å². The van der Waals surface area contributed by atoms with Gasteiger partial charge >= 0.3 is 5.97 Å². The quantitative estimate of drug-likeness (QED) is 0.742. The smallest absolute Gasteiger partial charge is 0.338 e. The summed E-state index contributed by atoms with van der Waals surface area (Å²) in [7, 11) is 1.33. The molecule has 0 saturated heterocycles. The van der Waals surface area contributed by atoms with Crippen molar-refractivity contribution in [3.8, 4) is 0 Å². The second-order valence-corrected chi connectivity index (χ2v) is 5.80. The zero-order chi connectivity index (χ0) is 18.1. The van der Waals surface area contributed by atoms with Crippen molar-refractivity contribution >= 4 is 23.2 Å². The van der Waals surface area contributed by atoms with E-state index in [2.05, 4.69) is 15.5 Å². The number of ether oxygens (including phenoxy) is 1. The fraction of sp³-hybridized carbons (Fsp3) is 0.222. The highest BCUT2D eigenvalue weighted by molar-refractivity contribution is 6.05. The zero-order valence-electron chi connectivity index (χ0n) is 14.5. The molecule has 2 aromatic heterocycles. The van der Waals surface area contributed by atoms with Crippen LogP contribution < -0.4 is 5.32 Å². The molecule has 0 aliphatic rings. The van der Waals surface area contributed by atoms with Crippen LogP contribution in [0.25, 0.3) is 5.65 Å². The largest absolute Gasteiger partial charge is 0.465 e. The highest BCUT2D eigenvalue weighted by Gasteiger charge is 2.15. The number of aromatic nitrogens is 3. The van der Waals surface area contributed by atoms with E-state index in [1.165, 1.54) is 7.11 Å². The molecule has 2 heterocycles. The Hall–Kier alpha value is -3.22. The summed E-state index contributed by atoms with van der Waals surface area (Å²) >= 11 is 0. The molecule has 0 fully saturated rings. The monoisotopic (exact) mass is 338 g/mol. The average molecular weight is 338 g/mol. The van der Waals surface area contributed by atoms with Crippen LogP contribution in [-0.2, 0) is 4.74 Å². The SMILES string of the molecule is COC(=O)c1cc(NC(=O)c2ccc3nnc(C)n3c2)cc(C)c1C. The van der Waals surface area contributed by atoms with Crippen molar-refractivity contribution in [1.82, 2.24) is 14.6 Å². The first-order valence-electron chi connectivity index (χ1n) is 7.73. The van der Waals surface area contributed by atoms with E-state index in [1.807, 2.05) is 26.8 Å². The second-order valence-electron chi connectivity index (χ2n) is 5.80. The van der Waals surface area contributed by atoms with Crippen LogP contribution >= 0.6 is 0 Å². The lowest BCUT2D eigenvalue weighted by molar-refractivity contribution is 0.0599. The molecule has 0 aliphatic heterocycles. The second kappa shape index (κ2) is 6.35. The van der Waals surface area contributed by atoms with E-state index in [0.29, 0.717) is 28.3 Å². The Morgan fingerprint density at radius 2 is 1.88 bits per heavy atom. The summed E-state index contributed by atoms with van der Waals surface area (Å²) in [6, 6.07) is 6.85. The summed E-state index contributed by atoms with van der Waals surface area (Å²) in [5.74, 6) is -0.0175. The summed E-state index contributed by atoms with van der Waals surface area (Å²) in [4.78, 5) is 24.5. The van der Waals surface area contributed by atoms with Gasteiger partial charge in [-0.3, -0.25) is 9.20 Å². The maximum Gasteiger partial charge on any atom is 0.338 e. The molecular weight excluding hydrogens is 320 g/mol. The zero-order valence-corrected chi connectivity index (χ0v) is 14.5. The number of aryl methyl sites for hydroxylation is 2. The number of fused-ring (bicyclic) bond motifs is 1. The number of anilines is 1. The van der Waals surface area contributed by atoms with E-state index >= 15 is 0 Å². The summed E-state index contributed by atoms with van der Waals surface area (Å²) in [5, 5.41) is 10.8. The van der Waals surface area contributed by atoms with Gasteiger partial charge in [0.15, 0.2) is 5.65 Å². The molecule has 1 aromatic carbocycles. The maximum absolute atomic E-state index is 12.6. The number of carbonyl (C=O) groups excluding carboxylic acids is 2. The number of amides is 1. The minimum Gasteiger partial charge on any atom is -0.465 e. The third-order valence-corrected chi connectivity index (χ3v) is 4.17. The molecule has 3 rings (SSSR count). The molecule has 0 bridgehead atoms. The van der Waals surface area contributed by atoms with Crippen molar-refractivity contribution in [3.63, 3.8) is 0 Å². The molecule has 128 valence electrons. The number of hydrogen-bond acceptors (Lipinski definition) is 5. The van der Waals surface area contributed by atoms with E-state index in [1.54, 1.807) is 28.8 Å². The molecule has 0 saturated carbocycles. The number of nitrogens with one attached hydrogen (secondary N) is 1. The van der Waals surface area contributed by atoms with Crippen LogP contribution in [0.3, 0.4) is 0 Å². The molecule has 7 heteroatoms. The normalized spacial score (nSPS) is 10.7. The number of methoxy groups -OCH3 is 1. The van der Waals surface area contributed by atoms with Gasteiger partial charge < -0.3 is 10.1 Å². The van der Waals surface area contributed by atoms with E-state index < -0.39 is 5.97 Å². The van der Waals surface area contributed by atoms with Crippen LogP contribution in [0.4, 0.5) is 5.69 Å². The van der Waals surface area contributed by atoms with Crippen LogP contribution in [0.1, 0.15) is 37.7 Å². The van der Waals surface area contributed by atoms with Gasteiger partial charge in [-0.2, -0.15) is 0 Å². The summed E-state index contributed by atoms with van der Waals surface area (Å²) in [5.41, 5.74) is 3.83. The molecule has 0 radical (unpaired) electrons. The maximum atomic E-state index is 12.6. The number of nitrogens with zero attached hydrogens (tertiary/aromatic N) is 3. The van der Waals surface area contributed by atoms with Crippen LogP contribution in [0, 0.1) is 20.8 Å². The highest BCUT2D eigenvalue weighted by atomic mass is 16.5. The molecular formula is C18H18N4O3. The van der Waals surface area contributed by atoms with Crippen molar-refractivity contribution in [3.05, 3.63) is 58.5 Å². The Balaban J connectivity index is 1.92. The number of pyridine rings is 1. The molecule has 25 heavy (non-hydrogen) atoms. The minimum absolute atomic E-state index is 0.283. The Kier molecular flexibility index (Phi) is 4.22. The number of hydrogen-bond donors (Lipinski definition) is 1. The first-order chi connectivity index (χ1) is 11.9. The van der Waals surface area contributed by atoms with Crippen molar-refractivity contribution in [2.75, 3.05) is 12.4 Å². The van der Waals surface area contributed by atoms with Gasteiger partial charge in [0.25, 0.3) is 5.91 Å². The van der Waals surface area contributed by atoms with Gasteiger partial charge in [-0.15, -0.1) is 10.2 Å². The molecule has 7 nitrogen and oxygen atoms in total. The number of rotatable bonds is 3. The Morgan fingerprint density at radius 3 is 2.60 bits per heavy atom. The molecule has 1 amide bonds. The fourth-order valence-electron chi connectivity index (χ4n) is 2.60. The standard InChI is InChI=1S/C18H18N4O3/c1-10-7-14(8-15(11(10)2)18(24)25-4)19-17(23)13-5-6-16-21-20-12(3)22(16)9-13/h5-9H,1-4H3,(H,19,23). The molecule has 0 spiro atoms. The van der Waals surface area contributed by atoms with Gasteiger partial charge in [0.1, 0.15) is 5.82 Å². The number of benzene rings is 1. The predicted molar refractivity (Wildman–Crippen MR) is 92.9 cm³/mol. The highest BCUT2D eigenvalue weighted by Crippen LogP contribution is 2.21. The summed E-state index contributed by atoms with van der Waals surface area (Å²) in [6.45, 7) is 5.54. The predicted octanol–water partition coefficient (Wildman–Crippen LogP) is 2.69. The number of carbonyl (C=O) groups is 2. The number of esters is 1. The van der Waals surface area contributed by atoms with Crippen LogP contribution in [0.5, 0.6) is 0 Å². The van der Waals surface area contributed by atoms with E-state index in [9.17, 15) is 9.59 Å². The fourth-order valence-corrected chi connectivity index (χ4v) is 2.60. The molecule has 0 unspecified atom stereocenters. The van der Waals surface area contributed by atoms with Gasteiger partial charge in [-0.25, -0.2) is 4.79 Å². The van der Waals surface area contributed by atoms with Gasteiger partial charge in [0.2, 0.25) is 0 Å².